The predicted octanol–water partition coefficient (Wildman–Crippen LogP) is 4.76. The van der Waals surface area contributed by atoms with Crippen LogP contribution in [0.15, 0.2) is 66.1 Å². The fourth-order valence-electron chi connectivity index (χ4n) is 2.65. The smallest absolute Gasteiger partial charge is 0.341 e. The number of nitro groups is 1. The standard InChI is InChI=1S/C21H16N2O5S/c1-28-21(25)19-17(15-7-3-2-4-8-15)13-29-20(19)22-18(24)11-10-14-6-5-9-16(12-14)23(26)27/h2-13H,1H3,(H,22,24). The lowest BCUT2D eigenvalue weighted by atomic mass is 10.0. The van der Waals surface area contributed by atoms with E-state index in [1.807, 2.05) is 30.3 Å². The molecule has 0 aliphatic carbocycles. The highest BCUT2D eigenvalue weighted by Crippen LogP contribution is 2.36. The monoisotopic (exact) mass is 408 g/mol. The van der Waals surface area contributed by atoms with Gasteiger partial charge in [-0.15, -0.1) is 11.3 Å². The van der Waals surface area contributed by atoms with Gasteiger partial charge in [0.25, 0.3) is 5.69 Å². The van der Waals surface area contributed by atoms with E-state index < -0.39 is 16.8 Å². The third-order valence-electron chi connectivity index (χ3n) is 4.01. The van der Waals surface area contributed by atoms with E-state index in [2.05, 4.69) is 5.32 Å². The molecule has 0 saturated heterocycles. The van der Waals surface area contributed by atoms with E-state index in [4.69, 9.17) is 4.74 Å². The Morgan fingerprint density at radius 2 is 1.90 bits per heavy atom. The highest BCUT2D eigenvalue weighted by molar-refractivity contribution is 7.15. The van der Waals surface area contributed by atoms with Gasteiger partial charge < -0.3 is 10.1 Å². The molecule has 2 aromatic carbocycles. The highest BCUT2D eigenvalue weighted by Gasteiger charge is 2.21. The van der Waals surface area contributed by atoms with Gasteiger partial charge in [-0.1, -0.05) is 42.5 Å². The highest BCUT2D eigenvalue weighted by atomic mass is 32.1. The molecule has 0 saturated carbocycles. The van der Waals surface area contributed by atoms with Crippen LogP contribution in [0.5, 0.6) is 0 Å². The Balaban J connectivity index is 1.83. The fraction of sp³-hybridized carbons (Fsp3) is 0.0476. The maximum absolute atomic E-state index is 12.3. The molecule has 29 heavy (non-hydrogen) atoms. The van der Waals surface area contributed by atoms with Gasteiger partial charge in [-0.25, -0.2) is 4.79 Å². The molecule has 0 radical (unpaired) electrons. The third-order valence-corrected chi connectivity index (χ3v) is 4.91. The summed E-state index contributed by atoms with van der Waals surface area (Å²) >= 11 is 1.22. The Bertz CT molecular complexity index is 1090. The summed E-state index contributed by atoms with van der Waals surface area (Å²) in [7, 11) is 1.28. The van der Waals surface area contributed by atoms with Crippen LogP contribution in [0.3, 0.4) is 0 Å². The number of nitrogens with one attached hydrogen (secondary N) is 1. The normalized spacial score (nSPS) is 10.7. The minimum absolute atomic E-state index is 0.0636. The predicted molar refractivity (Wildman–Crippen MR) is 112 cm³/mol. The quantitative estimate of drug-likeness (QED) is 0.274. The van der Waals surface area contributed by atoms with Crippen LogP contribution in [0.1, 0.15) is 15.9 Å². The number of nitro benzene ring substituents is 1. The van der Waals surface area contributed by atoms with E-state index in [-0.39, 0.29) is 11.3 Å². The first kappa shape index (κ1) is 20.0. The van der Waals surface area contributed by atoms with Gasteiger partial charge in [0.1, 0.15) is 10.6 Å². The van der Waals surface area contributed by atoms with E-state index in [0.29, 0.717) is 16.1 Å². The molecule has 0 bridgehead atoms. The van der Waals surface area contributed by atoms with Crippen LogP contribution >= 0.6 is 11.3 Å². The number of thiophene rings is 1. The van der Waals surface area contributed by atoms with E-state index >= 15 is 0 Å². The summed E-state index contributed by atoms with van der Waals surface area (Å²) < 4.78 is 4.88. The van der Waals surface area contributed by atoms with Gasteiger partial charge >= 0.3 is 5.97 Å². The molecular weight excluding hydrogens is 392 g/mol. The van der Waals surface area contributed by atoms with Crippen molar-refractivity contribution >= 4 is 40.0 Å². The lowest BCUT2D eigenvalue weighted by Gasteiger charge is -2.06. The zero-order valence-corrected chi connectivity index (χ0v) is 16.1. The molecule has 0 spiro atoms. The first-order valence-electron chi connectivity index (χ1n) is 8.48. The second-order valence-electron chi connectivity index (χ2n) is 5.89. The van der Waals surface area contributed by atoms with E-state index in [0.717, 1.165) is 5.56 Å². The Morgan fingerprint density at radius 1 is 1.14 bits per heavy atom. The molecule has 146 valence electrons. The number of benzene rings is 2. The number of carbonyl (C=O) groups excluding carboxylic acids is 2. The first-order chi connectivity index (χ1) is 14.0. The topological polar surface area (TPSA) is 98.5 Å². The van der Waals surface area contributed by atoms with Crippen molar-refractivity contribution in [3.8, 4) is 11.1 Å². The number of non-ortho nitro benzene ring substituents is 1. The van der Waals surface area contributed by atoms with Crippen LogP contribution in [-0.2, 0) is 9.53 Å². The summed E-state index contributed by atoms with van der Waals surface area (Å²) in [5.74, 6) is -1.02. The summed E-state index contributed by atoms with van der Waals surface area (Å²) in [6, 6.07) is 15.2. The number of esters is 1. The number of methoxy groups -OCH3 is 1. The fourth-order valence-corrected chi connectivity index (χ4v) is 3.61. The van der Waals surface area contributed by atoms with Crippen LogP contribution in [0.25, 0.3) is 17.2 Å². The van der Waals surface area contributed by atoms with Gasteiger partial charge in [-0.2, -0.15) is 0 Å². The summed E-state index contributed by atoms with van der Waals surface area (Å²) in [4.78, 5) is 35.0. The molecule has 0 fully saturated rings. The Hall–Kier alpha value is -3.78. The molecule has 7 nitrogen and oxygen atoms in total. The summed E-state index contributed by atoms with van der Waals surface area (Å²) in [6.07, 6.45) is 2.72. The molecule has 1 amide bonds. The lowest BCUT2D eigenvalue weighted by Crippen LogP contribution is -2.11. The van der Waals surface area contributed by atoms with Crippen molar-refractivity contribution in [2.75, 3.05) is 12.4 Å². The Morgan fingerprint density at radius 3 is 2.59 bits per heavy atom. The molecule has 0 atom stereocenters. The van der Waals surface area contributed by atoms with E-state index in [9.17, 15) is 19.7 Å². The number of rotatable bonds is 6. The van der Waals surface area contributed by atoms with Crippen molar-refractivity contribution in [1.82, 2.24) is 0 Å². The minimum atomic E-state index is -0.553. The molecule has 1 heterocycles. The SMILES string of the molecule is COC(=O)c1c(-c2ccccc2)csc1NC(=O)C=Cc1cccc([N+](=O)[O-])c1. The maximum atomic E-state index is 12.3. The largest absolute Gasteiger partial charge is 0.465 e. The van der Waals surface area contributed by atoms with Crippen molar-refractivity contribution in [2.45, 2.75) is 0 Å². The number of hydrogen-bond donors (Lipinski definition) is 1. The van der Waals surface area contributed by atoms with Gasteiger partial charge in [-0.05, 0) is 17.2 Å². The number of carbonyl (C=O) groups is 2. The number of hydrogen-bond acceptors (Lipinski definition) is 6. The van der Waals surface area contributed by atoms with Gasteiger partial charge in [-0.3, -0.25) is 14.9 Å². The number of anilines is 1. The van der Waals surface area contributed by atoms with Crippen LogP contribution in [-0.4, -0.2) is 23.9 Å². The summed E-state index contributed by atoms with van der Waals surface area (Å²) in [5.41, 5.74) is 2.22. The van der Waals surface area contributed by atoms with Gasteiger partial charge in [0.2, 0.25) is 5.91 Å². The molecule has 0 aliphatic heterocycles. The molecule has 0 aliphatic rings. The van der Waals surface area contributed by atoms with Crippen LogP contribution in [0.2, 0.25) is 0 Å². The van der Waals surface area contributed by atoms with Gasteiger partial charge in [0.05, 0.1) is 12.0 Å². The zero-order valence-electron chi connectivity index (χ0n) is 15.3. The minimum Gasteiger partial charge on any atom is -0.465 e. The number of nitrogens with zero attached hydrogens (tertiary/aromatic N) is 1. The maximum Gasteiger partial charge on any atom is 0.341 e. The summed E-state index contributed by atoms with van der Waals surface area (Å²) in [6.45, 7) is 0. The molecule has 3 aromatic rings. The van der Waals surface area contributed by atoms with Crippen molar-refractivity contribution in [3.05, 3.63) is 87.3 Å². The van der Waals surface area contributed by atoms with Crippen LogP contribution in [0, 0.1) is 10.1 Å². The Kier molecular flexibility index (Phi) is 6.16. The van der Waals surface area contributed by atoms with Crippen LogP contribution < -0.4 is 5.32 Å². The number of amides is 1. The van der Waals surface area contributed by atoms with E-state index in [1.165, 1.54) is 48.8 Å². The van der Waals surface area contributed by atoms with Crippen LogP contribution in [0.4, 0.5) is 10.7 Å². The van der Waals surface area contributed by atoms with Gasteiger partial charge in [0.15, 0.2) is 0 Å². The second kappa shape index (κ2) is 8.94. The summed E-state index contributed by atoms with van der Waals surface area (Å²) in [5, 5.41) is 15.7. The average Bonchev–Trinajstić information content (AvgIpc) is 3.16. The molecule has 1 aromatic heterocycles. The van der Waals surface area contributed by atoms with Crippen molar-refractivity contribution in [2.24, 2.45) is 0 Å². The molecular formula is C21H16N2O5S. The number of ether oxygens (including phenoxy) is 1. The van der Waals surface area contributed by atoms with Crippen molar-refractivity contribution < 1.29 is 19.2 Å². The lowest BCUT2D eigenvalue weighted by molar-refractivity contribution is -0.384. The molecule has 8 heteroatoms. The van der Waals surface area contributed by atoms with Crippen molar-refractivity contribution in [1.29, 1.82) is 0 Å². The molecule has 0 unspecified atom stereocenters. The Labute approximate surface area is 170 Å². The molecule has 3 rings (SSSR count). The van der Waals surface area contributed by atoms with Gasteiger partial charge in [0, 0.05) is 29.2 Å². The zero-order chi connectivity index (χ0) is 20.8. The second-order valence-corrected chi connectivity index (χ2v) is 6.77. The molecule has 1 N–H and O–H groups in total. The van der Waals surface area contributed by atoms with E-state index in [1.54, 1.807) is 11.4 Å². The first-order valence-corrected chi connectivity index (χ1v) is 9.36. The third kappa shape index (κ3) is 4.74. The average molecular weight is 408 g/mol. The van der Waals surface area contributed by atoms with Crippen molar-refractivity contribution in [3.63, 3.8) is 0 Å².